The molecule has 0 amide bonds. The molecule has 2 atom stereocenters. The molecule has 0 bridgehead atoms. The second-order valence-electron chi connectivity index (χ2n) is 4.10. The molecule has 0 aromatic heterocycles. The summed E-state index contributed by atoms with van der Waals surface area (Å²) in [5.41, 5.74) is 0.890. The van der Waals surface area contributed by atoms with Crippen molar-refractivity contribution in [3.8, 4) is 0 Å². The van der Waals surface area contributed by atoms with Crippen LogP contribution in [0, 0.1) is 11.7 Å². The molecular weight excluding hydrogens is 213 g/mol. The molecule has 1 aromatic carbocycles. The van der Waals surface area contributed by atoms with Crippen LogP contribution in [0.2, 0.25) is 0 Å². The lowest BCUT2D eigenvalue weighted by Gasteiger charge is -2.30. The van der Waals surface area contributed by atoms with E-state index in [1.54, 1.807) is 12.1 Å². The molecule has 0 radical (unpaired) electrons. The van der Waals surface area contributed by atoms with Gasteiger partial charge in [0.25, 0.3) is 0 Å². The summed E-state index contributed by atoms with van der Waals surface area (Å²) in [6.07, 6.45) is 1.04. The third kappa shape index (κ3) is 2.70. The molecular formula is C12H17ClFN. The van der Waals surface area contributed by atoms with Crippen LogP contribution in [0.1, 0.15) is 24.8 Å². The Morgan fingerprint density at radius 2 is 2.07 bits per heavy atom. The van der Waals surface area contributed by atoms with Crippen LogP contribution in [0.3, 0.4) is 0 Å². The first kappa shape index (κ1) is 12.5. The summed E-state index contributed by atoms with van der Waals surface area (Å²) in [5, 5.41) is 3.33. The van der Waals surface area contributed by atoms with Crippen LogP contribution in [-0.2, 0) is 0 Å². The van der Waals surface area contributed by atoms with E-state index in [2.05, 4.69) is 12.2 Å². The Kier molecular flexibility index (Phi) is 4.55. The van der Waals surface area contributed by atoms with Gasteiger partial charge in [0, 0.05) is 0 Å². The predicted molar refractivity (Wildman–Crippen MR) is 63.0 cm³/mol. The normalized spacial score (nSPS) is 25.7. The van der Waals surface area contributed by atoms with Crippen LogP contribution in [0.25, 0.3) is 0 Å². The molecule has 1 nitrogen and oxygen atoms in total. The molecule has 1 N–H and O–H groups in total. The van der Waals surface area contributed by atoms with Crippen LogP contribution in [0.5, 0.6) is 0 Å². The fourth-order valence-corrected chi connectivity index (χ4v) is 2.25. The number of piperidine rings is 1. The molecule has 1 saturated heterocycles. The maximum Gasteiger partial charge on any atom is 0.126 e. The van der Waals surface area contributed by atoms with Crippen molar-refractivity contribution >= 4 is 12.4 Å². The standard InChI is InChI=1S/C12H16FN.ClH/c1-9-8-14-7-6-10(9)11-4-2-3-5-12(11)13;/h2-5,9-10,14H,6-8H2,1H3;1H/t9-,10+;/m1./s1. The van der Waals surface area contributed by atoms with Crippen molar-refractivity contribution in [3.05, 3.63) is 35.6 Å². The van der Waals surface area contributed by atoms with E-state index in [0.29, 0.717) is 11.8 Å². The minimum absolute atomic E-state index is 0. The van der Waals surface area contributed by atoms with Crippen molar-refractivity contribution in [3.63, 3.8) is 0 Å². The largest absolute Gasteiger partial charge is 0.316 e. The van der Waals surface area contributed by atoms with E-state index in [0.717, 1.165) is 25.1 Å². The van der Waals surface area contributed by atoms with Crippen molar-refractivity contribution in [2.24, 2.45) is 5.92 Å². The van der Waals surface area contributed by atoms with E-state index < -0.39 is 0 Å². The molecule has 0 saturated carbocycles. The molecule has 1 fully saturated rings. The first-order valence-electron chi connectivity index (χ1n) is 5.24. The Bertz CT molecular complexity index is 316. The van der Waals surface area contributed by atoms with E-state index >= 15 is 0 Å². The second-order valence-corrected chi connectivity index (χ2v) is 4.10. The smallest absolute Gasteiger partial charge is 0.126 e. The van der Waals surface area contributed by atoms with Gasteiger partial charge in [0.1, 0.15) is 5.82 Å². The summed E-state index contributed by atoms with van der Waals surface area (Å²) in [6, 6.07) is 7.16. The van der Waals surface area contributed by atoms with Crippen molar-refractivity contribution < 1.29 is 4.39 Å². The van der Waals surface area contributed by atoms with Gasteiger partial charge >= 0.3 is 0 Å². The number of hydrogen-bond acceptors (Lipinski definition) is 1. The highest BCUT2D eigenvalue weighted by atomic mass is 35.5. The first-order valence-corrected chi connectivity index (χ1v) is 5.24. The Balaban J connectivity index is 0.00000112. The lowest BCUT2D eigenvalue weighted by Crippen LogP contribution is -2.34. The number of hydrogen-bond donors (Lipinski definition) is 1. The van der Waals surface area contributed by atoms with Gasteiger partial charge in [-0.1, -0.05) is 25.1 Å². The Labute approximate surface area is 96.5 Å². The molecule has 1 aliphatic rings. The highest BCUT2D eigenvalue weighted by molar-refractivity contribution is 5.85. The van der Waals surface area contributed by atoms with E-state index in [4.69, 9.17) is 0 Å². The zero-order chi connectivity index (χ0) is 9.97. The van der Waals surface area contributed by atoms with E-state index in [9.17, 15) is 4.39 Å². The minimum Gasteiger partial charge on any atom is -0.316 e. The van der Waals surface area contributed by atoms with Crippen LogP contribution in [0.15, 0.2) is 24.3 Å². The zero-order valence-electron chi connectivity index (χ0n) is 8.87. The summed E-state index contributed by atoms with van der Waals surface area (Å²) in [7, 11) is 0. The van der Waals surface area contributed by atoms with Gasteiger partial charge in [-0.3, -0.25) is 0 Å². The summed E-state index contributed by atoms with van der Waals surface area (Å²) in [4.78, 5) is 0. The maximum atomic E-state index is 13.5. The first-order chi connectivity index (χ1) is 6.79. The van der Waals surface area contributed by atoms with Crippen molar-refractivity contribution in [1.29, 1.82) is 0 Å². The number of halogens is 2. The molecule has 15 heavy (non-hydrogen) atoms. The Morgan fingerprint density at radius 1 is 1.33 bits per heavy atom. The second kappa shape index (κ2) is 5.47. The maximum absolute atomic E-state index is 13.5. The summed E-state index contributed by atoms with van der Waals surface area (Å²) >= 11 is 0. The molecule has 0 unspecified atom stereocenters. The van der Waals surface area contributed by atoms with Crippen LogP contribution >= 0.6 is 12.4 Å². The average Bonchev–Trinajstić information content (AvgIpc) is 2.20. The number of nitrogens with one attached hydrogen (secondary N) is 1. The highest BCUT2D eigenvalue weighted by Crippen LogP contribution is 2.31. The minimum atomic E-state index is -0.0498. The fraction of sp³-hybridized carbons (Fsp3) is 0.500. The molecule has 1 aromatic rings. The summed E-state index contributed by atoms with van der Waals surface area (Å²) in [6.45, 7) is 4.19. The van der Waals surface area contributed by atoms with Gasteiger partial charge in [-0.15, -0.1) is 12.4 Å². The van der Waals surface area contributed by atoms with Crippen LogP contribution < -0.4 is 5.32 Å². The predicted octanol–water partition coefficient (Wildman–Crippen LogP) is 2.96. The van der Waals surface area contributed by atoms with Crippen LogP contribution in [0.4, 0.5) is 4.39 Å². The Morgan fingerprint density at radius 3 is 2.73 bits per heavy atom. The van der Waals surface area contributed by atoms with Gasteiger partial charge in [0.2, 0.25) is 0 Å². The number of benzene rings is 1. The lowest BCUT2D eigenvalue weighted by molar-refractivity contribution is 0.341. The van der Waals surface area contributed by atoms with Gasteiger partial charge in [0.15, 0.2) is 0 Å². The van der Waals surface area contributed by atoms with E-state index in [1.807, 2.05) is 12.1 Å². The zero-order valence-corrected chi connectivity index (χ0v) is 9.69. The SMILES string of the molecule is C[C@@H]1CNCC[C@@H]1c1ccccc1F.Cl. The summed E-state index contributed by atoms with van der Waals surface area (Å²) < 4.78 is 13.5. The molecule has 1 aliphatic heterocycles. The van der Waals surface area contributed by atoms with Crippen LogP contribution in [-0.4, -0.2) is 13.1 Å². The molecule has 1 heterocycles. The van der Waals surface area contributed by atoms with Gasteiger partial charge in [0.05, 0.1) is 0 Å². The fourth-order valence-electron chi connectivity index (χ4n) is 2.25. The van der Waals surface area contributed by atoms with Gasteiger partial charge < -0.3 is 5.32 Å². The Hall–Kier alpha value is -0.600. The highest BCUT2D eigenvalue weighted by Gasteiger charge is 2.24. The van der Waals surface area contributed by atoms with Crippen molar-refractivity contribution in [2.45, 2.75) is 19.3 Å². The molecule has 0 spiro atoms. The molecule has 84 valence electrons. The van der Waals surface area contributed by atoms with Gasteiger partial charge in [-0.25, -0.2) is 4.39 Å². The molecule has 2 rings (SSSR count). The lowest BCUT2D eigenvalue weighted by atomic mass is 9.82. The third-order valence-corrected chi connectivity index (χ3v) is 3.09. The quantitative estimate of drug-likeness (QED) is 0.781. The molecule has 0 aliphatic carbocycles. The van der Waals surface area contributed by atoms with Crippen molar-refractivity contribution in [2.75, 3.05) is 13.1 Å². The van der Waals surface area contributed by atoms with Crippen molar-refractivity contribution in [1.82, 2.24) is 5.32 Å². The summed E-state index contributed by atoms with van der Waals surface area (Å²) in [5.74, 6) is 0.865. The van der Waals surface area contributed by atoms with Gasteiger partial charge in [-0.05, 0) is 43.0 Å². The van der Waals surface area contributed by atoms with E-state index in [1.165, 1.54) is 0 Å². The monoisotopic (exact) mass is 229 g/mol. The average molecular weight is 230 g/mol. The van der Waals surface area contributed by atoms with E-state index in [-0.39, 0.29) is 18.2 Å². The topological polar surface area (TPSA) is 12.0 Å². The molecule has 3 heteroatoms. The number of rotatable bonds is 1. The third-order valence-electron chi connectivity index (χ3n) is 3.09. The van der Waals surface area contributed by atoms with Gasteiger partial charge in [-0.2, -0.15) is 0 Å².